The van der Waals surface area contributed by atoms with Crippen molar-refractivity contribution < 1.29 is 14.9 Å². The number of aliphatic hydroxyl groups is 2. The number of rotatable bonds is 2. The van der Waals surface area contributed by atoms with Gasteiger partial charge in [-0.1, -0.05) is 0 Å². The number of nitrogens with zero attached hydrogens (tertiary/aromatic N) is 5. The number of nitriles is 1. The largest absolute Gasteiger partial charge is 0.394 e. The van der Waals surface area contributed by atoms with Crippen LogP contribution in [0.4, 0.5) is 5.82 Å². The summed E-state index contributed by atoms with van der Waals surface area (Å²) in [6, 6.07) is 1.94. The van der Waals surface area contributed by atoms with Gasteiger partial charge < -0.3 is 20.7 Å². The normalized spacial score (nSPS) is 29.6. The highest BCUT2D eigenvalue weighted by Gasteiger charge is 2.45. The van der Waals surface area contributed by atoms with Gasteiger partial charge in [-0.05, 0) is 0 Å². The zero-order valence-corrected chi connectivity index (χ0v) is 10.3. The highest BCUT2D eigenvalue weighted by molar-refractivity contribution is 5.81. The number of fused-ring (bicyclic) bond motifs is 1. The van der Waals surface area contributed by atoms with Crippen molar-refractivity contribution in [3.05, 3.63) is 12.7 Å². The first kappa shape index (κ1) is 12.7. The Kier molecular flexibility index (Phi) is 2.98. The summed E-state index contributed by atoms with van der Waals surface area (Å²) in [7, 11) is 0. The van der Waals surface area contributed by atoms with Gasteiger partial charge in [-0.15, -0.1) is 0 Å². The van der Waals surface area contributed by atoms with Crippen LogP contribution in [0.3, 0.4) is 0 Å². The highest BCUT2D eigenvalue weighted by Crippen LogP contribution is 2.35. The molecular weight excluding hydrogens is 264 g/mol. The van der Waals surface area contributed by atoms with E-state index in [9.17, 15) is 10.2 Å². The fraction of sp³-hybridized carbons (Fsp3) is 0.455. The van der Waals surface area contributed by atoms with Crippen molar-refractivity contribution in [2.45, 2.75) is 18.4 Å². The second-order valence-corrected chi connectivity index (χ2v) is 4.48. The van der Waals surface area contributed by atoms with Gasteiger partial charge >= 0.3 is 0 Å². The molecule has 1 aliphatic heterocycles. The Balaban J connectivity index is 2.04. The SMILES string of the molecule is N#C[C@@H]1[C@@H](O)[C@H](n2cnc3c(N)ncnc32)O[C@@H]1CO. The quantitative estimate of drug-likeness (QED) is 0.620. The molecule has 0 aromatic carbocycles. The summed E-state index contributed by atoms with van der Waals surface area (Å²) in [5, 5.41) is 28.4. The summed E-state index contributed by atoms with van der Waals surface area (Å²) in [6.45, 7) is -0.352. The van der Waals surface area contributed by atoms with E-state index in [0.29, 0.717) is 11.2 Å². The topological polar surface area (TPSA) is 143 Å². The number of anilines is 1. The number of nitrogen functional groups attached to an aromatic ring is 1. The molecule has 0 spiro atoms. The molecule has 1 fully saturated rings. The average molecular weight is 276 g/mol. The van der Waals surface area contributed by atoms with E-state index in [2.05, 4.69) is 15.0 Å². The van der Waals surface area contributed by atoms with Gasteiger partial charge in [-0.25, -0.2) is 15.0 Å². The van der Waals surface area contributed by atoms with Crippen LogP contribution in [-0.2, 0) is 4.74 Å². The van der Waals surface area contributed by atoms with Crippen molar-refractivity contribution in [2.24, 2.45) is 5.92 Å². The molecular formula is C11H12N6O3. The number of ether oxygens (including phenoxy) is 1. The van der Waals surface area contributed by atoms with E-state index in [0.717, 1.165) is 0 Å². The standard InChI is InChI=1S/C11H12N6O3/c12-1-5-6(2-18)20-11(8(5)19)17-4-16-7-9(13)14-3-15-10(7)17/h3-6,8,11,18-19H,2H2,(H2,13,14,15)/t5-,6+,8+,11+/m0/s1. The molecule has 4 N–H and O–H groups in total. The number of hydrogen-bond donors (Lipinski definition) is 3. The molecule has 2 aromatic rings. The van der Waals surface area contributed by atoms with Crippen molar-refractivity contribution in [3.8, 4) is 6.07 Å². The van der Waals surface area contributed by atoms with Crippen molar-refractivity contribution in [1.82, 2.24) is 19.5 Å². The second-order valence-electron chi connectivity index (χ2n) is 4.48. The summed E-state index contributed by atoms with van der Waals surface area (Å²) >= 11 is 0. The molecule has 0 aliphatic carbocycles. The molecule has 3 heterocycles. The molecule has 4 atom stereocenters. The molecule has 9 nitrogen and oxygen atoms in total. The minimum absolute atomic E-state index is 0.219. The molecule has 9 heteroatoms. The molecule has 0 radical (unpaired) electrons. The Morgan fingerprint density at radius 3 is 2.90 bits per heavy atom. The second kappa shape index (κ2) is 4.68. The van der Waals surface area contributed by atoms with E-state index in [1.165, 1.54) is 17.2 Å². The van der Waals surface area contributed by atoms with Crippen LogP contribution >= 0.6 is 0 Å². The van der Waals surface area contributed by atoms with Crippen molar-refractivity contribution in [3.63, 3.8) is 0 Å². The molecule has 1 saturated heterocycles. The number of hydrogen-bond acceptors (Lipinski definition) is 8. The van der Waals surface area contributed by atoms with E-state index in [-0.39, 0.29) is 12.4 Å². The molecule has 2 aromatic heterocycles. The van der Waals surface area contributed by atoms with Crippen LogP contribution in [0.15, 0.2) is 12.7 Å². The molecule has 3 rings (SSSR count). The molecule has 104 valence electrons. The maximum absolute atomic E-state index is 10.2. The van der Waals surface area contributed by atoms with Crippen LogP contribution in [0.2, 0.25) is 0 Å². The third kappa shape index (κ3) is 1.70. The van der Waals surface area contributed by atoms with E-state index in [1.807, 2.05) is 6.07 Å². The van der Waals surface area contributed by atoms with Gasteiger partial charge in [-0.3, -0.25) is 4.57 Å². The van der Waals surface area contributed by atoms with Gasteiger partial charge in [0.05, 0.1) is 19.0 Å². The number of aromatic nitrogens is 4. The Bertz CT molecular complexity index is 680. The van der Waals surface area contributed by atoms with Crippen LogP contribution < -0.4 is 5.73 Å². The minimum Gasteiger partial charge on any atom is -0.394 e. The zero-order chi connectivity index (χ0) is 14.3. The van der Waals surface area contributed by atoms with Gasteiger partial charge in [0.25, 0.3) is 0 Å². The molecule has 0 amide bonds. The first-order valence-electron chi connectivity index (χ1n) is 5.94. The monoisotopic (exact) mass is 276 g/mol. The van der Waals surface area contributed by atoms with E-state index in [4.69, 9.17) is 15.7 Å². The minimum atomic E-state index is -1.09. The third-order valence-corrected chi connectivity index (χ3v) is 3.37. The van der Waals surface area contributed by atoms with Crippen LogP contribution in [0.5, 0.6) is 0 Å². The fourth-order valence-electron chi connectivity index (χ4n) is 2.34. The van der Waals surface area contributed by atoms with Gasteiger partial charge in [0, 0.05) is 0 Å². The van der Waals surface area contributed by atoms with Crippen LogP contribution in [0.1, 0.15) is 6.23 Å². The van der Waals surface area contributed by atoms with Gasteiger partial charge in [0.1, 0.15) is 30.0 Å². The third-order valence-electron chi connectivity index (χ3n) is 3.37. The van der Waals surface area contributed by atoms with Gasteiger partial charge in [-0.2, -0.15) is 5.26 Å². The first-order chi connectivity index (χ1) is 9.67. The smallest absolute Gasteiger partial charge is 0.167 e. The van der Waals surface area contributed by atoms with Crippen molar-refractivity contribution in [1.29, 1.82) is 5.26 Å². The predicted molar refractivity (Wildman–Crippen MR) is 65.8 cm³/mol. The summed E-state index contributed by atoms with van der Waals surface area (Å²) < 4.78 is 7.00. The molecule has 0 bridgehead atoms. The predicted octanol–water partition coefficient (Wildman–Crippen LogP) is -1.20. The average Bonchev–Trinajstić information content (AvgIpc) is 3.00. The summed E-state index contributed by atoms with van der Waals surface area (Å²) in [5.41, 5.74) is 6.48. The van der Waals surface area contributed by atoms with E-state index < -0.39 is 24.4 Å². The molecule has 20 heavy (non-hydrogen) atoms. The Hall–Kier alpha value is -2.28. The molecule has 0 unspecified atom stereocenters. The number of imidazole rings is 1. The maximum atomic E-state index is 10.2. The van der Waals surface area contributed by atoms with E-state index in [1.54, 1.807) is 0 Å². The van der Waals surface area contributed by atoms with Gasteiger partial charge in [0.2, 0.25) is 0 Å². The lowest BCUT2D eigenvalue weighted by atomic mass is 10.0. The van der Waals surface area contributed by atoms with E-state index >= 15 is 0 Å². The summed E-state index contributed by atoms with van der Waals surface area (Å²) in [6.07, 6.45) is -0.00115. The molecule has 1 aliphatic rings. The van der Waals surface area contributed by atoms with Crippen LogP contribution in [0, 0.1) is 17.2 Å². The fourth-order valence-corrected chi connectivity index (χ4v) is 2.34. The number of aliphatic hydroxyl groups excluding tert-OH is 2. The maximum Gasteiger partial charge on any atom is 0.167 e. The lowest BCUT2D eigenvalue weighted by Crippen LogP contribution is -2.26. The summed E-state index contributed by atoms with van der Waals surface area (Å²) in [5.74, 6) is -0.599. The Labute approximate surface area is 113 Å². The van der Waals surface area contributed by atoms with Gasteiger partial charge in [0.15, 0.2) is 17.7 Å². The lowest BCUT2D eigenvalue weighted by molar-refractivity contribution is -0.0489. The lowest BCUT2D eigenvalue weighted by Gasteiger charge is -2.16. The van der Waals surface area contributed by atoms with Crippen LogP contribution in [0.25, 0.3) is 11.2 Å². The number of nitrogens with two attached hydrogens (primary N) is 1. The van der Waals surface area contributed by atoms with Crippen molar-refractivity contribution >= 4 is 17.0 Å². The van der Waals surface area contributed by atoms with Crippen molar-refractivity contribution in [2.75, 3.05) is 12.3 Å². The first-order valence-corrected chi connectivity index (χ1v) is 5.94. The Morgan fingerprint density at radius 1 is 1.45 bits per heavy atom. The Morgan fingerprint density at radius 2 is 2.25 bits per heavy atom. The summed E-state index contributed by atoms with van der Waals surface area (Å²) in [4.78, 5) is 12.0. The molecule has 0 saturated carbocycles. The zero-order valence-electron chi connectivity index (χ0n) is 10.3. The highest BCUT2D eigenvalue weighted by atomic mass is 16.5. The van der Waals surface area contributed by atoms with Crippen LogP contribution in [-0.4, -0.2) is 48.5 Å².